The van der Waals surface area contributed by atoms with Crippen molar-refractivity contribution >= 4 is 28.4 Å². The molecule has 0 aromatic heterocycles. The Bertz CT molecular complexity index is 461. The normalized spacial score (nSPS) is 18.9. The smallest absolute Gasteiger partial charge is 0.163 e. The Kier molecular flexibility index (Phi) is 5.57. The predicted octanol–water partition coefficient (Wildman–Crippen LogP) is 4.04. The zero-order valence-corrected chi connectivity index (χ0v) is 14.2. The van der Waals surface area contributed by atoms with Crippen LogP contribution in [0.3, 0.4) is 0 Å². The lowest BCUT2D eigenvalue weighted by atomic mass is 9.95. The first-order valence-electron chi connectivity index (χ1n) is 6.99. The lowest BCUT2D eigenvalue weighted by Gasteiger charge is -2.34. The van der Waals surface area contributed by atoms with Crippen LogP contribution in [0.15, 0.2) is 24.3 Å². The van der Waals surface area contributed by atoms with Crippen LogP contribution in [0.5, 0.6) is 0 Å². The molecule has 0 atom stereocenters. The van der Waals surface area contributed by atoms with Gasteiger partial charge in [-0.2, -0.15) is 0 Å². The Morgan fingerprint density at radius 3 is 2.60 bits per heavy atom. The minimum absolute atomic E-state index is 0.104. The number of carbonyl (C=O) groups excluding carboxylic acids is 1. The highest BCUT2D eigenvalue weighted by Crippen LogP contribution is 2.25. The Hall–Kier alpha value is -0.460. The standard InChI is InChI=1S/C16H21IO3/c1-16(2)10-19-15(20-11-16)9-5-8-14(18)12-6-3-4-7-13(12)17/h3-4,6-7,15H,5,8-11H2,1-2H3. The quantitative estimate of drug-likeness (QED) is 0.564. The van der Waals surface area contributed by atoms with Gasteiger partial charge in [0.15, 0.2) is 12.1 Å². The van der Waals surface area contributed by atoms with Gasteiger partial charge in [0.2, 0.25) is 0 Å². The molecule has 0 unspecified atom stereocenters. The average Bonchev–Trinajstić information content (AvgIpc) is 2.41. The Morgan fingerprint density at radius 2 is 1.95 bits per heavy atom. The van der Waals surface area contributed by atoms with Gasteiger partial charge in [0.05, 0.1) is 13.2 Å². The number of Topliss-reactive ketones (excluding diaryl/α,β-unsaturated/α-hetero) is 1. The van der Waals surface area contributed by atoms with Crippen molar-refractivity contribution in [2.45, 2.75) is 39.4 Å². The summed E-state index contributed by atoms with van der Waals surface area (Å²) in [5.74, 6) is 0.200. The number of benzene rings is 1. The zero-order valence-electron chi connectivity index (χ0n) is 12.0. The maximum atomic E-state index is 12.1. The van der Waals surface area contributed by atoms with E-state index in [1.54, 1.807) is 0 Å². The van der Waals surface area contributed by atoms with Gasteiger partial charge in [-0.05, 0) is 41.5 Å². The van der Waals surface area contributed by atoms with Gasteiger partial charge in [-0.1, -0.05) is 32.0 Å². The van der Waals surface area contributed by atoms with Crippen LogP contribution in [0.4, 0.5) is 0 Å². The van der Waals surface area contributed by atoms with Gasteiger partial charge in [0.1, 0.15) is 0 Å². The molecule has 0 spiro atoms. The molecule has 0 aliphatic carbocycles. The second kappa shape index (κ2) is 7.00. The van der Waals surface area contributed by atoms with Crippen LogP contribution < -0.4 is 0 Å². The molecule has 0 bridgehead atoms. The molecule has 20 heavy (non-hydrogen) atoms. The van der Waals surface area contributed by atoms with Crippen LogP contribution in [-0.2, 0) is 9.47 Å². The summed E-state index contributed by atoms with van der Waals surface area (Å²) in [6, 6.07) is 7.71. The second-order valence-corrected chi connectivity index (χ2v) is 7.17. The topological polar surface area (TPSA) is 35.5 Å². The summed E-state index contributed by atoms with van der Waals surface area (Å²) in [7, 11) is 0. The summed E-state index contributed by atoms with van der Waals surface area (Å²) in [5.41, 5.74) is 0.923. The number of hydrogen-bond donors (Lipinski definition) is 0. The van der Waals surface area contributed by atoms with Crippen LogP contribution in [-0.4, -0.2) is 25.3 Å². The first kappa shape index (κ1) is 15.9. The van der Waals surface area contributed by atoms with Crippen molar-refractivity contribution in [2.75, 3.05) is 13.2 Å². The van der Waals surface area contributed by atoms with E-state index in [4.69, 9.17) is 9.47 Å². The van der Waals surface area contributed by atoms with Gasteiger partial charge in [-0.15, -0.1) is 0 Å². The molecule has 1 aromatic carbocycles. The van der Waals surface area contributed by atoms with Gasteiger partial charge in [-0.25, -0.2) is 0 Å². The number of carbonyl (C=O) groups is 1. The van der Waals surface area contributed by atoms with E-state index in [0.29, 0.717) is 6.42 Å². The highest BCUT2D eigenvalue weighted by Gasteiger charge is 2.28. The maximum absolute atomic E-state index is 12.1. The average molecular weight is 388 g/mol. The molecule has 1 aliphatic rings. The zero-order chi connectivity index (χ0) is 14.6. The summed E-state index contributed by atoms with van der Waals surface area (Å²) in [6.45, 7) is 5.71. The van der Waals surface area contributed by atoms with E-state index >= 15 is 0 Å². The van der Waals surface area contributed by atoms with Crippen LogP contribution in [0.2, 0.25) is 0 Å². The molecule has 1 aromatic rings. The molecule has 0 N–H and O–H groups in total. The number of halogens is 1. The van der Waals surface area contributed by atoms with Crippen LogP contribution >= 0.6 is 22.6 Å². The van der Waals surface area contributed by atoms with Gasteiger partial charge >= 0.3 is 0 Å². The summed E-state index contributed by atoms with van der Waals surface area (Å²) in [4.78, 5) is 12.1. The van der Waals surface area contributed by atoms with Crippen molar-refractivity contribution in [2.24, 2.45) is 5.41 Å². The minimum atomic E-state index is -0.148. The molecule has 1 fully saturated rings. The van der Waals surface area contributed by atoms with E-state index in [0.717, 1.165) is 35.2 Å². The summed E-state index contributed by atoms with van der Waals surface area (Å²) < 4.78 is 12.4. The monoisotopic (exact) mass is 388 g/mol. The van der Waals surface area contributed by atoms with E-state index in [1.807, 2.05) is 24.3 Å². The van der Waals surface area contributed by atoms with E-state index in [2.05, 4.69) is 36.4 Å². The van der Waals surface area contributed by atoms with E-state index < -0.39 is 0 Å². The Labute approximate surface area is 134 Å². The van der Waals surface area contributed by atoms with Gasteiger partial charge in [0.25, 0.3) is 0 Å². The van der Waals surface area contributed by atoms with E-state index in [-0.39, 0.29) is 17.5 Å². The molecule has 4 heteroatoms. The molecular formula is C16H21IO3. The Morgan fingerprint density at radius 1 is 1.30 bits per heavy atom. The van der Waals surface area contributed by atoms with Crippen LogP contribution in [0.1, 0.15) is 43.5 Å². The predicted molar refractivity (Wildman–Crippen MR) is 86.8 cm³/mol. The fourth-order valence-corrected chi connectivity index (χ4v) is 2.83. The fraction of sp³-hybridized carbons (Fsp3) is 0.562. The summed E-state index contributed by atoms with van der Waals surface area (Å²) in [6.07, 6.45) is 1.98. The molecule has 2 rings (SSSR count). The van der Waals surface area contributed by atoms with E-state index in [9.17, 15) is 4.79 Å². The second-order valence-electron chi connectivity index (χ2n) is 6.01. The molecule has 1 saturated heterocycles. The fourth-order valence-electron chi connectivity index (χ4n) is 2.14. The highest BCUT2D eigenvalue weighted by atomic mass is 127. The molecule has 0 saturated carbocycles. The third-order valence-corrected chi connectivity index (χ3v) is 4.28. The number of ether oxygens (including phenoxy) is 2. The van der Waals surface area contributed by atoms with Crippen molar-refractivity contribution in [3.05, 3.63) is 33.4 Å². The lowest BCUT2D eigenvalue weighted by molar-refractivity contribution is -0.223. The van der Waals surface area contributed by atoms with Gasteiger partial charge < -0.3 is 9.47 Å². The highest BCUT2D eigenvalue weighted by molar-refractivity contribution is 14.1. The number of rotatable bonds is 5. The Balaban J connectivity index is 1.74. The van der Waals surface area contributed by atoms with Gasteiger partial charge in [0, 0.05) is 21.0 Å². The van der Waals surface area contributed by atoms with Crippen molar-refractivity contribution in [3.8, 4) is 0 Å². The SMILES string of the molecule is CC1(C)COC(CCCC(=O)c2ccccc2I)OC1. The molecular weight excluding hydrogens is 367 g/mol. The first-order valence-corrected chi connectivity index (χ1v) is 8.07. The van der Waals surface area contributed by atoms with Crippen molar-refractivity contribution in [1.29, 1.82) is 0 Å². The van der Waals surface area contributed by atoms with Gasteiger partial charge in [-0.3, -0.25) is 4.79 Å². The minimum Gasteiger partial charge on any atom is -0.352 e. The van der Waals surface area contributed by atoms with E-state index in [1.165, 1.54) is 0 Å². The molecule has 0 amide bonds. The lowest BCUT2D eigenvalue weighted by Crippen LogP contribution is -2.37. The van der Waals surface area contributed by atoms with Crippen molar-refractivity contribution in [1.82, 2.24) is 0 Å². The third kappa shape index (κ3) is 4.53. The number of hydrogen-bond acceptors (Lipinski definition) is 3. The first-order chi connectivity index (χ1) is 9.48. The largest absolute Gasteiger partial charge is 0.352 e. The maximum Gasteiger partial charge on any atom is 0.163 e. The molecule has 3 nitrogen and oxygen atoms in total. The molecule has 0 radical (unpaired) electrons. The summed E-state index contributed by atoms with van der Waals surface area (Å²) >= 11 is 2.20. The van der Waals surface area contributed by atoms with Crippen molar-refractivity contribution < 1.29 is 14.3 Å². The molecule has 110 valence electrons. The third-order valence-electron chi connectivity index (χ3n) is 3.34. The molecule has 1 heterocycles. The van der Waals surface area contributed by atoms with Crippen LogP contribution in [0, 0.1) is 8.99 Å². The van der Waals surface area contributed by atoms with Crippen LogP contribution in [0.25, 0.3) is 0 Å². The summed E-state index contributed by atoms with van der Waals surface area (Å²) in [5, 5.41) is 0. The van der Waals surface area contributed by atoms with Crippen molar-refractivity contribution in [3.63, 3.8) is 0 Å². The number of ketones is 1. The molecule has 1 aliphatic heterocycles.